The predicted molar refractivity (Wildman–Crippen MR) is 69.7 cm³/mol. The summed E-state index contributed by atoms with van der Waals surface area (Å²) in [5, 5.41) is 3.67. The number of ether oxygens (including phenoxy) is 1. The molecule has 2 heteroatoms. The molecule has 0 spiro atoms. The summed E-state index contributed by atoms with van der Waals surface area (Å²) >= 11 is 0. The van der Waals surface area contributed by atoms with Crippen LogP contribution in [0.25, 0.3) is 0 Å². The monoisotopic (exact) mass is 231 g/mol. The van der Waals surface area contributed by atoms with E-state index in [0.717, 1.165) is 11.7 Å². The van der Waals surface area contributed by atoms with Crippen LogP contribution in [-0.4, -0.2) is 19.7 Å². The lowest BCUT2D eigenvalue weighted by atomic mass is 9.75. The van der Waals surface area contributed by atoms with Crippen LogP contribution in [0.15, 0.2) is 12.1 Å². The molecule has 0 unspecified atom stereocenters. The Labute approximate surface area is 103 Å². The van der Waals surface area contributed by atoms with Gasteiger partial charge in [-0.1, -0.05) is 12.1 Å². The molecule has 0 bridgehead atoms. The summed E-state index contributed by atoms with van der Waals surface area (Å²) in [4.78, 5) is 0. The minimum atomic E-state index is 0.698. The van der Waals surface area contributed by atoms with Crippen molar-refractivity contribution in [3.8, 4) is 5.75 Å². The van der Waals surface area contributed by atoms with E-state index in [9.17, 15) is 0 Å². The summed E-state index contributed by atoms with van der Waals surface area (Å²) in [6.07, 6.45) is 5.06. The Morgan fingerprint density at radius 1 is 1.29 bits per heavy atom. The molecule has 1 aliphatic carbocycles. The average Bonchev–Trinajstić information content (AvgIpc) is 2.36. The lowest BCUT2D eigenvalue weighted by molar-refractivity contribution is 0.259. The van der Waals surface area contributed by atoms with Gasteiger partial charge in [-0.25, -0.2) is 0 Å². The van der Waals surface area contributed by atoms with Crippen LogP contribution in [0.3, 0.4) is 0 Å². The number of benzene rings is 1. The van der Waals surface area contributed by atoms with E-state index in [4.69, 9.17) is 4.74 Å². The molecule has 1 aliphatic heterocycles. The van der Waals surface area contributed by atoms with Gasteiger partial charge in [-0.2, -0.15) is 0 Å². The Bertz CT molecular complexity index is 427. The maximum atomic E-state index is 5.60. The molecule has 2 aliphatic rings. The Kier molecular flexibility index (Phi) is 2.83. The number of hydrogen-bond acceptors (Lipinski definition) is 2. The molecule has 1 aromatic carbocycles. The van der Waals surface area contributed by atoms with E-state index in [-0.39, 0.29) is 0 Å². The molecule has 0 radical (unpaired) electrons. The highest BCUT2D eigenvalue weighted by Crippen LogP contribution is 2.37. The van der Waals surface area contributed by atoms with Crippen molar-refractivity contribution in [2.45, 2.75) is 38.6 Å². The zero-order chi connectivity index (χ0) is 11.8. The molecule has 2 nitrogen and oxygen atoms in total. The van der Waals surface area contributed by atoms with Crippen LogP contribution in [0.2, 0.25) is 0 Å². The Morgan fingerprint density at radius 2 is 2.18 bits per heavy atom. The fourth-order valence-corrected chi connectivity index (χ4v) is 3.49. The summed E-state index contributed by atoms with van der Waals surface area (Å²) in [7, 11) is 1.80. The van der Waals surface area contributed by atoms with Gasteiger partial charge in [0, 0.05) is 6.04 Å². The van der Waals surface area contributed by atoms with Crippen molar-refractivity contribution < 1.29 is 4.74 Å². The van der Waals surface area contributed by atoms with Gasteiger partial charge in [-0.05, 0) is 61.8 Å². The highest BCUT2D eigenvalue weighted by Gasteiger charge is 2.32. The molecule has 92 valence electrons. The van der Waals surface area contributed by atoms with E-state index in [1.807, 2.05) is 0 Å². The average molecular weight is 231 g/mol. The van der Waals surface area contributed by atoms with Crippen LogP contribution in [0.4, 0.5) is 0 Å². The Morgan fingerprint density at radius 3 is 3.00 bits per heavy atom. The molecule has 2 atom stereocenters. The SMILES string of the molecule is COc1c(C)ccc2c1C[C@H]1CCCN[C@@H]1C2. The van der Waals surface area contributed by atoms with Crippen molar-refractivity contribution in [1.82, 2.24) is 5.32 Å². The highest BCUT2D eigenvalue weighted by atomic mass is 16.5. The van der Waals surface area contributed by atoms with Crippen LogP contribution < -0.4 is 10.1 Å². The van der Waals surface area contributed by atoms with Crippen molar-refractivity contribution in [3.05, 3.63) is 28.8 Å². The normalized spacial score (nSPS) is 27.2. The molecular weight excluding hydrogens is 210 g/mol. The maximum Gasteiger partial charge on any atom is 0.125 e. The predicted octanol–water partition coefficient (Wildman–Crippen LogP) is 2.47. The van der Waals surface area contributed by atoms with E-state index in [1.165, 1.54) is 48.9 Å². The van der Waals surface area contributed by atoms with Crippen LogP contribution >= 0.6 is 0 Å². The molecule has 1 saturated heterocycles. The van der Waals surface area contributed by atoms with Gasteiger partial charge in [0.2, 0.25) is 0 Å². The second kappa shape index (κ2) is 4.34. The molecular formula is C15H21NO. The van der Waals surface area contributed by atoms with E-state index >= 15 is 0 Å². The second-order valence-corrected chi connectivity index (χ2v) is 5.42. The smallest absolute Gasteiger partial charge is 0.125 e. The van der Waals surface area contributed by atoms with Gasteiger partial charge in [0.1, 0.15) is 5.75 Å². The van der Waals surface area contributed by atoms with Gasteiger partial charge in [0.25, 0.3) is 0 Å². The number of nitrogens with one attached hydrogen (secondary N) is 1. The standard InChI is InChI=1S/C15H21NO/c1-10-5-6-11-9-14-12(4-3-7-16-14)8-13(11)15(10)17-2/h5-6,12,14,16H,3-4,7-9H2,1-2H3/t12-,14-/m1/s1. The number of aryl methyl sites for hydroxylation is 1. The van der Waals surface area contributed by atoms with Gasteiger partial charge in [0.05, 0.1) is 7.11 Å². The highest BCUT2D eigenvalue weighted by molar-refractivity contribution is 5.48. The van der Waals surface area contributed by atoms with Crippen LogP contribution in [0.5, 0.6) is 5.75 Å². The number of methoxy groups -OCH3 is 1. The zero-order valence-electron chi connectivity index (χ0n) is 10.8. The van der Waals surface area contributed by atoms with Gasteiger partial charge in [0.15, 0.2) is 0 Å². The lowest BCUT2D eigenvalue weighted by Crippen LogP contribution is -2.46. The van der Waals surface area contributed by atoms with Gasteiger partial charge in [-0.15, -0.1) is 0 Å². The third kappa shape index (κ3) is 1.85. The first-order valence-electron chi connectivity index (χ1n) is 6.68. The molecule has 1 fully saturated rings. The van der Waals surface area contributed by atoms with Crippen LogP contribution in [-0.2, 0) is 12.8 Å². The zero-order valence-corrected chi connectivity index (χ0v) is 10.8. The molecule has 3 rings (SSSR count). The molecule has 0 aromatic heterocycles. The van der Waals surface area contributed by atoms with Gasteiger partial charge in [-0.3, -0.25) is 0 Å². The third-order valence-corrected chi connectivity index (χ3v) is 4.39. The summed E-state index contributed by atoms with van der Waals surface area (Å²) < 4.78 is 5.60. The largest absolute Gasteiger partial charge is 0.496 e. The summed E-state index contributed by atoms with van der Waals surface area (Å²) in [5.74, 6) is 1.94. The van der Waals surface area contributed by atoms with Crippen molar-refractivity contribution >= 4 is 0 Å². The van der Waals surface area contributed by atoms with Gasteiger partial charge >= 0.3 is 0 Å². The van der Waals surface area contributed by atoms with E-state index in [1.54, 1.807) is 7.11 Å². The molecule has 1 N–H and O–H groups in total. The molecule has 17 heavy (non-hydrogen) atoms. The number of piperidine rings is 1. The number of hydrogen-bond donors (Lipinski definition) is 1. The topological polar surface area (TPSA) is 21.3 Å². The second-order valence-electron chi connectivity index (χ2n) is 5.42. The number of rotatable bonds is 1. The lowest BCUT2D eigenvalue weighted by Gasteiger charge is -2.38. The van der Waals surface area contributed by atoms with Crippen molar-refractivity contribution in [3.63, 3.8) is 0 Å². The molecule has 0 saturated carbocycles. The fraction of sp³-hybridized carbons (Fsp3) is 0.600. The van der Waals surface area contributed by atoms with E-state index < -0.39 is 0 Å². The molecule has 1 heterocycles. The Balaban J connectivity index is 1.99. The van der Waals surface area contributed by atoms with E-state index in [0.29, 0.717) is 6.04 Å². The van der Waals surface area contributed by atoms with Crippen molar-refractivity contribution in [2.75, 3.05) is 13.7 Å². The minimum absolute atomic E-state index is 0.698. The first kappa shape index (κ1) is 11.1. The Hall–Kier alpha value is -1.02. The summed E-state index contributed by atoms with van der Waals surface area (Å²) in [5.41, 5.74) is 4.23. The fourth-order valence-electron chi connectivity index (χ4n) is 3.49. The van der Waals surface area contributed by atoms with Crippen LogP contribution in [0, 0.1) is 12.8 Å². The summed E-state index contributed by atoms with van der Waals surface area (Å²) in [6, 6.07) is 5.18. The maximum absolute atomic E-state index is 5.60. The van der Waals surface area contributed by atoms with Crippen molar-refractivity contribution in [1.29, 1.82) is 0 Å². The van der Waals surface area contributed by atoms with Crippen LogP contribution in [0.1, 0.15) is 29.5 Å². The van der Waals surface area contributed by atoms with Crippen molar-refractivity contribution in [2.24, 2.45) is 5.92 Å². The third-order valence-electron chi connectivity index (χ3n) is 4.39. The van der Waals surface area contributed by atoms with Gasteiger partial charge < -0.3 is 10.1 Å². The minimum Gasteiger partial charge on any atom is -0.496 e. The molecule has 0 amide bonds. The first-order chi connectivity index (χ1) is 8.29. The number of fused-ring (bicyclic) bond motifs is 2. The molecule has 1 aromatic rings. The van der Waals surface area contributed by atoms with E-state index in [2.05, 4.69) is 24.4 Å². The first-order valence-corrected chi connectivity index (χ1v) is 6.68. The summed E-state index contributed by atoms with van der Waals surface area (Å²) in [6.45, 7) is 3.34. The quantitative estimate of drug-likeness (QED) is 0.801.